The van der Waals surface area contributed by atoms with Crippen molar-refractivity contribution in [1.82, 2.24) is 4.72 Å². The van der Waals surface area contributed by atoms with E-state index in [1.54, 1.807) is 0 Å². The van der Waals surface area contributed by atoms with E-state index >= 15 is 0 Å². The van der Waals surface area contributed by atoms with Gasteiger partial charge < -0.3 is 0 Å². The minimum Gasteiger partial charge on any atom is -0.211 e. The normalized spacial score (nSPS) is 11.1. The summed E-state index contributed by atoms with van der Waals surface area (Å²) >= 11 is 5.68. The van der Waals surface area contributed by atoms with Crippen LogP contribution in [0.25, 0.3) is 0 Å². The Morgan fingerprint density at radius 3 is 2.75 bits per heavy atom. The minimum absolute atomic E-state index is 0.0344. The van der Waals surface area contributed by atoms with Crippen LogP contribution in [-0.2, 0) is 10.0 Å². The van der Waals surface area contributed by atoms with Crippen LogP contribution in [0.15, 0.2) is 23.1 Å². The smallest absolute Gasteiger partial charge is 0.211 e. The summed E-state index contributed by atoms with van der Waals surface area (Å²) in [6.07, 6.45) is 0.689. The second kappa shape index (κ2) is 5.30. The van der Waals surface area contributed by atoms with E-state index in [0.29, 0.717) is 18.0 Å². The first-order chi connectivity index (χ1) is 7.51. The third-order valence-corrected chi connectivity index (χ3v) is 3.65. The fraction of sp³-hybridized carbons (Fsp3) is 0.300. The lowest BCUT2D eigenvalue weighted by atomic mass is 10.2. The fourth-order valence-electron chi connectivity index (χ4n) is 1.14. The molecule has 0 fully saturated rings. The van der Waals surface area contributed by atoms with E-state index in [1.165, 1.54) is 18.2 Å². The van der Waals surface area contributed by atoms with Crippen LogP contribution in [0.5, 0.6) is 0 Å². The molecule has 0 radical (unpaired) electrons. The van der Waals surface area contributed by atoms with Crippen LogP contribution >= 0.6 is 11.6 Å². The fourth-order valence-corrected chi connectivity index (χ4v) is 2.58. The average molecular weight is 259 g/mol. The lowest BCUT2D eigenvalue weighted by Gasteiger charge is -2.07. The first kappa shape index (κ1) is 13.0. The number of nitrogens with zero attached hydrogens (tertiary/aromatic N) is 1. The van der Waals surface area contributed by atoms with Gasteiger partial charge >= 0.3 is 0 Å². The van der Waals surface area contributed by atoms with E-state index in [9.17, 15) is 8.42 Å². The van der Waals surface area contributed by atoms with Crippen LogP contribution in [0, 0.1) is 11.3 Å². The van der Waals surface area contributed by atoms with Crippen LogP contribution in [0.1, 0.15) is 18.9 Å². The molecule has 0 aliphatic heterocycles. The van der Waals surface area contributed by atoms with E-state index in [4.69, 9.17) is 16.9 Å². The molecule has 1 aromatic carbocycles. The number of sulfonamides is 1. The summed E-state index contributed by atoms with van der Waals surface area (Å²) in [4.78, 5) is -0.0344. The predicted octanol–water partition coefficient (Wildman–Crippen LogP) is 1.90. The summed E-state index contributed by atoms with van der Waals surface area (Å²) in [7, 11) is -3.61. The van der Waals surface area contributed by atoms with E-state index in [-0.39, 0.29) is 10.5 Å². The minimum atomic E-state index is -3.61. The zero-order chi connectivity index (χ0) is 12.2. The third-order valence-electron chi connectivity index (χ3n) is 1.89. The van der Waals surface area contributed by atoms with Crippen LogP contribution < -0.4 is 4.72 Å². The second-order valence-electron chi connectivity index (χ2n) is 3.15. The van der Waals surface area contributed by atoms with Gasteiger partial charge in [-0.15, -0.1) is 0 Å². The Balaban J connectivity index is 3.19. The van der Waals surface area contributed by atoms with Crippen molar-refractivity contribution in [3.63, 3.8) is 0 Å². The van der Waals surface area contributed by atoms with Gasteiger partial charge in [-0.2, -0.15) is 5.26 Å². The topological polar surface area (TPSA) is 70.0 Å². The maximum absolute atomic E-state index is 11.8. The molecule has 0 aliphatic carbocycles. The van der Waals surface area contributed by atoms with Crippen LogP contribution in [0.3, 0.4) is 0 Å². The Morgan fingerprint density at radius 2 is 2.19 bits per heavy atom. The van der Waals surface area contributed by atoms with Gasteiger partial charge in [0.05, 0.1) is 10.5 Å². The van der Waals surface area contributed by atoms with Gasteiger partial charge in [0.25, 0.3) is 0 Å². The average Bonchev–Trinajstić information content (AvgIpc) is 2.26. The van der Waals surface area contributed by atoms with Gasteiger partial charge in [0.1, 0.15) is 6.07 Å². The molecule has 16 heavy (non-hydrogen) atoms. The van der Waals surface area contributed by atoms with Crippen molar-refractivity contribution >= 4 is 21.6 Å². The molecule has 0 amide bonds. The number of nitrogens with one attached hydrogen (secondary N) is 1. The summed E-state index contributed by atoms with van der Waals surface area (Å²) in [5.74, 6) is 0. The number of halogens is 1. The monoisotopic (exact) mass is 258 g/mol. The predicted molar refractivity (Wildman–Crippen MR) is 61.6 cm³/mol. The quantitative estimate of drug-likeness (QED) is 0.897. The van der Waals surface area contributed by atoms with Crippen molar-refractivity contribution in [2.75, 3.05) is 6.54 Å². The van der Waals surface area contributed by atoms with Gasteiger partial charge in [-0.25, -0.2) is 13.1 Å². The van der Waals surface area contributed by atoms with E-state index in [2.05, 4.69) is 4.72 Å². The lowest BCUT2D eigenvalue weighted by Crippen LogP contribution is -2.25. The Bertz CT molecular complexity index is 520. The molecule has 0 aromatic heterocycles. The molecule has 0 saturated carbocycles. The standard InChI is InChI=1S/C10H11ClN2O2S/c1-2-5-13-16(14,15)10-4-3-9(11)6-8(10)7-12/h3-4,6,13H,2,5H2,1H3. The Kier molecular flexibility index (Phi) is 4.30. The van der Waals surface area contributed by atoms with E-state index < -0.39 is 10.0 Å². The van der Waals surface area contributed by atoms with Crippen molar-refractivity contribution < 1.29 is 8.42 Å². The highest BCUT2D eigenvalue weighted by Crippen LogP contribution is 2.19. The molecule has 4 nitrogen and oxygen atoms in total. The van der Waals surface area contributed by atoms with Crippen LogP contribution in [0.4, 0.5) is 0 Å². The Morgan fingerprint density at radius 1 is 1.50 bits per heavy atom. The molecular weight excluding hydrogens is 248 g/mol. The summed E-state index contributed by atoms with van der Waals surface area (Å²) in [6.45, 7) is 2.20. The first-order valence-corrected chi connectivity index (χ1v) is 6.56. The van der Waals surface area contributed by atoms with Crippen molar-refractivity contribution in [1.29, 1.82) is 5.26 Å². The maximum Gasteiger partial charge on any atom is 0.241 e. The molecule has 0 spiro atoms. The molecule has 0 unspecified atom stereocenters. The number of nitriles is 1. The first-order valence-electron chi connectivity index (χ1n) is 4.70. The molecule has 0 aliphatic rings. The number of hydrogen-bond donors (Lipinski definition) is 1. The maximum atomic E-state index is 11.8. The van der Waals surface area contributed by atoms with Gasteiger partial charge in [0.15, 0.2) is 0 Å². The SMILES string of the molecule is CCCNS(=O)(=O)c1ccc(Cl)cc1C#N. The third kappa shape index (κ3) is 2.95. The highest BCUT2D eigenvalue weighted by atomic mass is 35.5. The molecule has 0 heterocycles. The molecule has 1 rings (SSSR count). The van der Waals surface area contributed by atoms with Crippen molar-refractivity contribution in [3.05, 3.63) is 28.8 Å². The van der Waals surface area contributed by atoms with E-state index in [1.807, 2.05) is 13.0 Å². The molecule has 0 bridgehead atoms. The largest absolute Gasteiger partial charge is 0.241 e. The lowest BCUT2D eigenvalue weighted by molar-refractivity contribution is 0.580. The number of benzene rings is 1. The highest BCUT2D eigenvalue weighted by molar-refractivity contribution is 7.89. The zero-order valence-electron chi connectivity index (χ0n) is 8.70. The van der Waals surface area contributed by atoms with Gasteiger partial charge in [-0.3, -0.25) is 0 Å². The zero-order valence-corrected chi connectivity index (χ0v) is 10.3. The van der Waals surface area contributed by atoms with Gasteiger partial charge in [0, 0.05) is 11.6 Å². The van der Waals surface area contributed by atoms with Crippen molar-refractivity contribution in [2.45, 2.75) is 18.2 Å². The number of rotatable bonds is 4. The Hall–Kier alpha value is -1.09. The molecule has 1 N–H and O–H groups in total. The molecule has 6 heteroatoms. The summed E-state index contributed by atoms with van der Waals surface area (Å²) in [5.41, 5.74) is 0.0519. The molecule has 86 valence electrons. The molecule has 0 saturated heterocycles. The highest BCUT2D eigenvalue weighted by Gasteiger charge is 2.17. The van der Waals surface area contributed by atoms with Crippen molar-refractivity contribution in [2.24, 2.45) is 0 Å². The van der Waals surface area contributed by atoms with Crippen molar-refractivity contribution in [3.8, 4) is 6.07 Å². The molecular formula is C10H11ClN2O2S. The summed E-state index contributed by atoms with van der Waals surface area (Å²) < 4.78 is 26.0. The van der Waals surface area contributed by atoms with Crippen LogP contribution in [0.2, 0.25) is 5.02 Å². The molecule has 1 aromatic rings. The van der Waals surface area contributed by atoms with E-state index in [0.717, 1.165) is 0 Å². The van der Waals surface area contributed by atoms with Gasteiger partial charge in [-0.1, -0.05) is 18.5 Å². The molecule has 0 atom stereocenters. The van der Waals surface area contributed by atoms with Gasteiger partial charge in [0.2, 0.25) is 10.0 Å². The number of hydrogen-bond acceptors (Lipinski definition) is 3. The summed E-state index contributed by atoms with van der Waals surface area (Å²) in [6, 6.07) is 5.93. The summed E-state index contributed by atoms with van der Waals surface area (Å²) in [5, 5.41) is 9.17. The van der Waals surface area contributed by atoms with Crippen LogP contribution in [-0.4, -0.2) is 15.0 Å². The Labute approximate surface area is 99.9 Å². The second-order valence-corrected chi connectivity index (χ2v) is 5.32. The van der Waals surface area contributed by atoms with Gasteiger partial charge in [-0.05, 0) is 24.6 Å².